The lowest BCUT2D eigenvalue weighted by molar-refractivity contribution is -0.115. The summed E-state index contributed by atoms with van der Waals surface area (Å²) in [5.74, 6) is 0.948. The van der Waals surface area contributed by atoms with Crippen molar-refractivity contribution in [1.82, 2.24) is 0 Å². The summed E-state index contributed by atoms with van der Waals surface area (Å²) in [6.45, 7) is 2.49. The van der Waals surface area contributed by atoms with Crippen LogP contribution in [0, 0.1) is 0 Å². The minimum atomic E-state index is -3.28. The van der Waals surface area contributed by atoms with Crippen LogP contribution in [0.2, 0.25) is 10.0 Å². The predicted octanol–water partition coefficient (Wildman–Crippen LogP) is 5.41. The number of benzene rings is 3. The first-order valence-corrected chi connectivity index (χ1v) is 12.7. The molecule has 3 aromatic rings. The Morgan fingerprint density at radius 1 is 1.00 bits per heavy atom. The van der Waals surface area contributed by atoms with Crippen LogP contribution in [-0.4, -0.2) is 33.3 Å². The molecule has 3 aromatic carbocycles. The maximum atomic E-state index is 12.5. The van der Waals surface area contributed by atoms with Gasteiger partial charge in [0.15, 0.2) is 21.3 Å². The van der Waals surface area contributed by atoms with Gasteiger partial charge in [-0.05, 0) is 35.9 Å². The average Bonchev–Trinajstić information content (AvgIpc) is 2.79. The molecule has 0 aromatic heterocycles. The number of hydrogen-bond donors (Lipinski definition) is 1. The zero-order valence-electron chi connectivity index (χ0n) is 17.7. The highest BCUT2D eigenvalue weighted by atomic mass is 35.5. The van der Waals surface area contributed by atoms with Crippen molar-refractivity contribution in [2.75, 3.05) is 24.3 Å². The second-order valence-corrected chi connectivity index (χ2v) is 10.5. The molecule has 0 radical (unpaired) electrons. The normalized spacial score (nSPS) is 12.9. The number of fused-ring (bicyclic) bond motifs is 1. The molecule has 172 valence electrons. The zero-order valence-corrected chi connectivity index (χ0v) is 20.1. The van der Waals surface area contributed by atoms with Crippen LogP contribution in [0.4, 0.5) is 5.69 Å². The third-order valence-electron chi connectivity index (χ3n) is 5.19. The molecule has 0 unspecified atom stereocenters. The number of ether oxygens (including phenoxy) is 2. The molecule has 0 spiro atoms. The van der Waals surface area contributed by atoms with E-state index in [1.54, 1.807) is 31.2 Å². The van der Waals surface area contributed by atoms with E-state index >= 15 is 0 Å². The smallest absolute Gasteiger partial charge is 0.228 e. The summed E-state index contributed by atoms with van der Waals surface area (Å²) in [7, 11) is -3.28. The van der Waals surface area contributed by atoms with E-state index in [1.807, 2.05) is 18.2 Å². The van der Waals surface area contributed by atoms with Crippen LogP contribution >= 0.6 is 23.2 Å². The highest BCUT2D eigenvalue weighted by Gasteiger charge is 2.21. The monoisotopic (exact) mass is 505 g/mol. The fourth-order valence-corrected chi connectivity index (χ4v) is 5.12. The minimum Gasteiger partial charge on any atom is -0.486 e. The molecule has 0 aliphatic carbocycles. The summed E-state index contributed by atoms with van der Waals surface area (Å²) in [4.78, 5) is 12.8. The Labute approximate surface area is 202 Å². The molecule has 1 heterocycles. The number of carbonyl (C=O) groups is 1. The second kappa shape index (κ2) is 9.63. The number of hydrogen-bond acceptors (Lipinski definition) is 5. The number of nitrogens with one attached hydrogen (secondary N) is 1. The molecule has 1 aliphatic rings. The van der Waals surface area contributed by atoms with Gasteiger partial charge >= 0.3 is 0 Å². The van der Waals surface area contributed by atoms with Gasteiger partial charge < -0.3 is 14.8 Å². The van der Waals surface area contributed by atoms with Gasteiger partial charge in [-0.25, -0.2) is 8.42 Å². The first-order chi connectivity index (χ1) is 15.8. The van der Waals surface area contributed by atoms with Crippen LogP contribution in [0.3, 0.4) is 0 Å². The Hall–Kier alpha value is -2.74. The first-order valence-electron chi connectivity index (χ1n) is 10.3. The number of sulfone groups is 1. The van der Waals surface area contributed by atoms with E-state index < -0.39 is 9.84 Å². The van der Waals surface area contributed by atoms with Crippen molar-refractivity contribution in [3.8, 4) is 22.6 Å². The third-order valence-corrected chi connectivity index (χ3v) is 7.54. The summed E-state index contributed by atoms with van der Waals surface area (Å²) < 4.78 is 35.3. The molecule has 4 rings (SSSR count). The topological polar surface area (TPSA) is 81.7 Å². The average molecular weight is 506 g/mol. The van der Waals surface area contributed by atoms with Gasteiger partial charge in [-0.2, -0.15) is 0 Å². The molecule has 1 aliphatic heterocycles. The SMILES string of the molecule is CCS(=O)(=O)c1ccc(CC(=O)Nc2cc(Cl)c(-c3cccc4c3OCCO4)c(Cl)c2)cc1. The van der Waals surface area contributed by atoms with Gasteiger partial charge in [0.2, 0.25) is 5.91 Å². The molecule has 0 saturated heterocycles. The fourth-order valence-electron chi connectivity index (χ4n) is 3.55. The lowest BCUT2D eigenvalue weighted by Gasteiger charge is -2.22. The molecular weight excluding hydrogens is 485 g/mol. The summed E-state index contributed by atoms with van der Waals surface area (Å²) in [6, 6.07) is 15.0. The molecule has 0 saturated carbocycles. The van der Waals surface area contributed by atoms with E-state index in [2.05, 4.69) is 5.32 Å². The lowest BCUT2D eigenvalue weighted by atomic mass is 10.0. The van der Waals surface area contributed by atoms with Crippen LogP contribution in [0.1, 0.15) is 12.5 Å². The van der Waals surface area contributed by atoms with Crippen molar-refractivity contribution in [1.29, 1.82) is 0 Å². The standard InChI is InChI=1S/C24H21Cl2NO5S/c1-2-33(29,30)17-8-6-15(7-9-17)12-22(28)27-16-13-19(25)23(20(26)14-16)18-4-3-5-21-24(18)32-11-10-31-21/h3-9,13-14H,2,10-12H2,1H3,(H,27,28). The second-order valence-electron chi connectivity index (χ2n) is 7.42. The van der Waals surface area contributed by atoms with Crippen molar-refractivity contribution in [2.24, 2.45) is 0 Å². The van der Waals surface area contributed by atoms with Crippen molar-refractivity contribution in [3.05, 3.63) is 70.2 Å². The Balaban J connectivity index is 1.52. The van der Waals surface area contributed by atoms with Crippen molar-refractivity contribution in [3.63, 3.8) is 0 Å². The third kappa shape index (κ3) is 5.11. The number of halogens is 2. The molecule has 1 N–H and O–H groups in total. The van der Waals surface area contributed by atoms with Gasteiger partial charge in [0.05, 0.1) is 27.1 Å². The van der Waals surface area contributed by atoms with E-state index in [-0.39, 0.29) is 23.0 Å². The summed E-state index contributed by atoms with van der Waals surface area (Å²) in [5.41, 5.74) is 2.43. The molecular formula is C24H21Cl2NO5S. The van der Waals surface area contributed by atoms with Gasteiger partial charge in [0.25, 0.3) is 0 Å². The Bertz CT molecular complexity index is 1280. The van der Waals surface area contributed by atoms with Gasteiger partial charge in [-0.1, -0.05) is 54.4 Å². The van der Waals surface area contributed by atoms with E-state index in [0.717, 1.165) is 0 Å². The van der Waals surface area contributed by atoms with E-state index in [9.17, 15) is 13.2 Å². The van der Waals surface area contributed by atoms with Crippen LogP contribution in [0.25, 0.3) is 11.1 Å². The van der Waals surface area contributed by atoms with E-state index in [0.29, 0.717) is 57.1 Å². The molecule has 0 fully saturated rings. The van der Waals surface area contributed by atoms with Crippen LogP contribution in [0.15, 0.2) is 59.5 Å². The van der Waals surface area contributed by atoms with Gasteiger partial charge in [-0.3, -0.25) is 4.79 Å². The number of para-hydroxylation sites is 1. The maximum Gasteiger partial charge on any atom is 0.228 e. The Morgan fingerprint density at radius 2 is 1.67 bits per heavy atom. The van der Waals surface area contributed by atoms with Crippen molar-refractivity contribution >= 4 is 44.6 Å². The van der Waals surface area contributed by atoms with Crippen LogP contribution < -0.4 is 14.8 Å². The Morgan fingerprint density at radius 3 is 2.33 bits per heavy atom. The molecule has 6 nitrogen and oxygen atoms in total. The predicted molar refractivity (Wildman–Crippen MR) is 129 cm³/mol. The number of amides is 1. The van der Waals surface area contributed by atoms with E-state index in [1.165, 1.54) is 12.1 Å². The molecule has 1 amide bonds. The number of rotatable bonds is 6. The summed E-state index contributed by atoms with van der Waals surface area (Å²) in [6.07, 6.45) is 0.0703. The van der Waals surface area contributed by atoms with Crippen LogP contribution in [-0.2, 0) is 21.1 Å². The largest absolute Gasteiger partial charge is 0.486 e. The molecule has 0 atom stereocenters. The molecule has 33 heavy (non-hydrogen) atoms. The quantitative estimate of drug-likeness (QED) is 0.484. The van der Waals surface area contributed by atoms with E-state index in [4.69, 9.17) is 32.7 Å². The van der Waals surface area contributed by atoms with Gasteiger partial charge in [0, 0.05) is 16.8 Å². The minimum absolute atomic E-state index is 0.0231. The fraction of sp³-hybridized carbons (Fsp3) is 0.208. The van der Waals surface area contributed by atoms with Crippen LogP contribution in [0.5, 0.6) is 11.5 Å². The zero-order chi connectivity index (χ0) is 23.6. The van der Waals surface area contributed by atoms with Gasteiger partial charge in [0.1, 0.15) is 13.2 Å². The highest BCUT2D eigenvalue weighted by Crippen LogP contribution is 2.46. The highest BCUT2D eigenvalue weighted by molar-refractivity contribution is 7.91. The lowest BCUT2D eigenvalue weighted by Crippen LogP contribution is -2.16. The molecule has 9 heteroatoms. The first kappa shape index (κ1) is 23.4. The summed E-state index contributed by atoms with van der Waals surface area (Å²) in [5, 5.41) is 3.50. The Kier molecular flexibility index (Phi) is 6.83. The summed E-state index contributed by atoms with van der Waals surface area (Å²) >= 11 is 13.1. The number of carbonyl (C=O) groups excluding carboxylic acids is 1. The maximum absolute atomic E-state index is 12.5. The van der Waals surface area contributed by atoms with Crippen molar-refractivity contribution in [2.45, 2.75) is 18.2 Å². The number of anilines is 1. The van der Waals surface area contributed by atoms with Gasteiger partial charge in [-0.15, -0.1) is 0 Å². The molecule has 0 bridgehead atoms. The van der Waals surface area contributed by atoms with Crippen molar-refractivity contribution < 1.29 is 22.7 Å².